The maximum Gasteiger partial charge on any atom is 0.277 e. The smallest absolute Gasteiger partial charge is 0.277 e. The van der Waals surface area contributed by atoms with Crippen LogP contribution in [0.3, 0.4) is 0 Å². The summed E-state index contributed by atoms with van der Waals surface area (Å²) in [6, 6.07) is 10.8. The van der Waals surface area contributed by atoms with E-state index < -0.39 is 5.91 Å². The van der Waals surface area contributed by atoms with Gasteiger partial charge in [-0.2, -0.15) is 0 Å². The Labute approximate surface area is 164 Å². The molecule has 0 unspecified atom stereocenters. The number of hydrogen-bond acceptors (Lipinski definition) is 5. The number of amides is 1. The average Bonchev–Trinajstić information content (AvgIpc) is 3.21. The molecule has 1 amide bonds. The fraction of sp³-hybridized carbons (Fsp3) is 0.150. The maximum absolute atomic E-state index is 13.2. The quantitative estimate of drug-likeness (QED) is 0.543. The van der Waals surface area contributed by atoms with Crippen molar-refractivity contribution in [2.75, 3.05) is 5.32 Å². The fourth-order valence-electron chi connectivity index (χ4n) is 3.14. The van der Waals surface area contributed by atoms with Crippen LogP contribution in [0.15, 0.2) is 59.8 Å². The summed E-state index contributed by atoms with van der Waals surface area (Å²) in [4.78, 5) is 31.0. The maximum atomic E-state index is 13.2. The zero-order valence-corrected chi connectivity index (χ0v) is 15.5. The topological polar surface area (TPSA) is 106 Å². The van der Waals surface area contributed by atoms with Gasteiger partial charge in [0, 0.05) is 5.69 Å². The zero-order valence-electron chi connectivity index (χ0n) is 15.5. The molecule has 0 saturated heterocycles. The zero-order chi connectivity index (χ0) is 20.4. The summed E-state index contributed by atoms with van der Waals surface area (Å²) in [5.41, 5.74) is 1.68. The Balaban J connectivity index is 1.56. The molecular weight excluding hydrogens is 375 g/mol. The van der Waals surface area contributed by atoms with E-state index in [-0.39, 0.29) is 23.1 Å². The molecule has 0 fully saturated rings. The third-order valence-electron chi connectivity index (χ3n) is 4.60. The summed E-state index contributed by atoms with van der Waals surface area (Å²) in [6.07, 6.45) is 3.56. The van der Waals surface area contributed by atoms with E-state index in [1.807, 2.05) is 6.92 Å². The molecule has 4 aromatic rings. The highest BCUT2D eigenvalue weighted by Crippen LogP contribution is 2.22. The van der Waals surface area contributed by atoms with E-state index in [0.29, 0.717) is 23.0 Å². The molecule has 29 heavy (non-hydrogen) atoms. The van der Waals surface area contributed by atoms with Gasteiger partial charge in [-0.15, -0.1) is 5.10 Å². The predicted molar refractivity (Wildman–Crippen MR) is 105 cm³/mol. The SMILES string of the molecule is CC[C@@H](c1ccc(F)cc1)n1cc(C(=O)Nc2ccc3nc[nH]c(=O)c3c2)nn1. The molecule has 2 aromatic heterocycles. The second kappa shape index (κ2) is 7.63. The van der Waals surface area contributed by atoms with Crippen molar-refractivity contribution in [3.05, 3.63) is 82.4 Å². The standard InChI is InChI=1S/C20H17FN6O2/c1-2-18(12-3-5-13(21)6-4-12)27-10-17(25-26-27)20(29)24-14-7-8-16-15(9-14)19(28)23-11-22-16/h3-11,18H,2H2,1H3,(H,24,29)(H,22,23,28)/t18-/m0/s1. The van der Waals surface area contributed by atoms with Gasteiger partial charge < -0.3 is 10.3 Å². The number of rotatable bonds is 5. The van der Waals surface area contributed by atoms with Gasteiger partial charge in [-0.1, -0.05) is 24.3 Å². The van der Waals surface area contributed by atoms with E-state index in [9.17, 15) is 14.0 Å². The minimum atomic E-state index is -0.454. The summed E-state index contributed by atoms with van der Waals surface area (Å²) < 4.78 is 14.8. The molecule has 0 saturated carbocycles. The van der Waals surface area contributed by atoms with E-state index in [0.717, 1.165) is 5.56 Å². The van der Waals surface area contributed by atoms with Gasteiger partial charge in [0.05, 0.1) is 29.5 Å². The van der Waals surface area contributed by atoms with Gasteiger partial charge in [-0.05, 0) is 42.3 Å². The molecule has 9 heteroatoms. The minimum Gasteiger partial charge on any atom is -0.321 e. The molecule has 0 aliphatic carbocycles. The normalized spacial score (nSPS) is 12.1. The van der Waals surface area contributed by atoms with E-state index in [1.165, 1.54) is 18.5 Å². The van der Waals surface area contributed by atoms with Crippen LogP contribution in [-0.4, -0.2) is 30.9 Å². The Morgan fingerprint density at radius 2 is 2.03 bits per heavy atom. The first kappa shape index (κ1) is 18.5. The molecule has 1 atom stereocenters. The third kappa shape index (κ3) is 3.75. The first-order valence-electron chi connectivity index (χ1n) is 9.01. The number of aromatic amines is 1. The highest BCUT2D eigenvalue weighted by molar-refractivity contribution is 6.03. The van der Waals surface area contributed by atoms with Crippen molar-refractivity contribution in [3.63, 3.8) is 0 Å². The summed E-state index contributed by atoms with van der Waals surface area (Å²) in [6.45, 7) is 1.97. The molecule has 0 aliphatic heterocycles. The lowest BCUT2D eigenvalue weighted by Crippen LogP contribution is -2.14. The lowest BCUT2D eigenvalue weighted by atomic mass is 10.0. The van der Waals surface area contributed by atoms with Crippen molar-refractivity contribution >= 4 is 22.5 Å². The molecule has 0 spiro atoms. The van der Waals surface area contributed by atoms with Crippen LogP contribution in [0.1, 0.15) is 35.4 Å². The van der Waals surface area contributed by atoms with Crippen molar-refractivity contribution in [1.82, 2.24) is 25.0 Å². The Bertz CT molecular complexity index is 1230. The number of nitrogens with one attached hydrogen (secondary N) is 2. The molecule has 2 heterocycles. The van der Waals surface area contributed by atoms with E-state index in [2.05, 4.69) is 25.6 Å². The number of fused-ring (bicyclic) bond motifs is 1. The first-order valence-corrected chi connectivity index (χ1v) is 9.01. The molecule has 2 N–H and O–H groups in total. The summed E-state index contributed by atoms with van der Waals surface area (Å²) >= 11 is 0. The van der Waals surface area contributed by atoms with Crippen molar-refractivity contribution in [1.29, 1.82) is 0 Å². The molecular formula is C20H17FN6O2. The summed E-state index contributed by atoms with van der Waals surface area (Å²) in [5.74, 6) is -0.767. The minimum absolute atomic E-state index is 0.130. The average molecular weight is 392 g/mol. The summed E-state index contributed by atoms with van der Waals surface area (Å²) in [5, 5.41) is 11.1. The Morgan fingerprint density at radius 3 is 2.79 bits per heavy atom. The van der Waals surface area contributed by atoms with Gasteiger partial charge >= 0.3 is 0 Å². The van der Waals surface area contributed by atoms with Gasteiger partial charge in [0.2, 0.25) is 0 Å². The summed E-state index contributed by atoms with van der Waals surface area (Å²) in [7, 11) is 0. The number of aromatic nitrogens is 5. The van der Waals surface area contributed by atoms with Crippen LogP contribution in [0.4, 0.5) is 10.1 Å². The number of anilines is 1. The highest BCUT2D eigenvalue weighted by Gasteiger charge is 2.17. The van der Waals surface area contributed by atoms with Crippen molar-refractivity contribution in [2.45, 2.75) is 19.4 Å². The van der Waals surface area contributed by atoms with E-state index in [4.69, 9.17) is 0 Å². The van der Waals surface area contributed by atoms with Crippen molar-refractivity contribution in [3.8, 4) is 0 Å². The largest absolute Gasteiger partial charge is 0.321 e. The Hall–Kier alpha value is -3.88. The number of carbonyl (C=O) groups excluding carboxylic acids is 1. The van der Waals surface area contributed by atoms with Crippen LogP contribution in [0.25, 0.3) is 10.9 Å². The van der Waals surface area contributed by atoms with Gasteiger partial charge in [0.25, 0.3) is 11.5 Å². The van der Waals surface area contributed by atoms with Gasteiger partial charge in [-0.25, -0.2) is 14.1 Å². The van der Waals surface area contributed by atoms with Crippen molar-refractivity contribution < 1.29 is 9.18 Å². The van der Waals surface area contributed by atoms with Crippen LogP contribution < -0.4 is 10.9 Å². The predicted octanol–water partition coefficient (Wildman–Crippen LogP) is 2.91. The molecule has 0 aliphatic rings. The third-order valence-corrected chi connectivity index (χ3v) is 4.60. The van der Waals surface area contributed by atoms with Crippen molar-refractivity contribution in [2.24, 2.45) is 0 Å². The Morgan fingerprint density at radius 1 is 1.24 bits per heavy atom. The number of nitrogens with zero attached hydrogens (tertiary/aromatic N) is 4. The second-order valence-corrected chi connectivity index (χ2v) is 6.48. The highest BCUT2D eigenvalue weighted by atomic mass is 19.1. The molecule has 0 bridgehead atoms. The lowest BCUT2D eigenvalue weighted by Gasteiger charge is -2.15. The monoisotopic (exact) mass is 392 g/mol. The van der Waals surface area contributed by atoms with E-state index in [1.54, 1.807) is 41.2 Å². The lowest BCUT2D eigenvalue weighted by molar-refractivity contribution is 0.102. The van der Waals surface area contributed by atoms with Gasteiger partial charge in [0.1, 0.15) is 5.82 Å². The van der Waals surface area contributed by atoms with Crippen LogP contribution in [0.5, 0.6) is 0 Å². The Kier molecular flexibility index (Phi) is 4.86. The van der Waals surface area contributed by atoms with Crippen LogP contribution in [0, 0.1) is 5.82 Å². The van der Waals surface area contributed by atoms with Crippen LogP contribution in [-0.2, 0) is 0 Å². The molecule has 4 rings (SSSR count). The number of benzene rings is 2. The molecule has 0 radical (unpaired) electrons. The number of carbonyl (C=O) groups is 1. The van der Waals surface area contributed by atoms with Gasteiger partial charge in [0.15, 0.2) is 5.69 Å². The van der Waals surface area contributed by atoms with Crippen LogP contribution in [0.2, 0.25) is 0 Å². The van der Waals surface area contributed by atoms with E-state index >= 15 is 0 Å². The molecule has 8 nitrogen and oxygen atoms in total. The van der Waals surface area contributed by atoms with Crippen LogP contribution >= 0.6 is 0 Å². The second-order valence-electron chi connectivity index (χ2n) is 6.48. The first-order chi connectivity index (χ1) is 14.0. The number of H-pyrrole nitrogens is 1. The number of halogens is 1. The molecule has 2 aromatic carbocycles. The van der Waals surface area contributed by atoms with Gasteiger partial charge in [-0.3, -0.25) is 9.59 Å². The molecule has 146 valence electrons. The fourth-order valence-corrected chi connectivity index (χ4v) is 3.14. The number of hydrogen-bond donors (Lipinski definition) is 2.